The second-order valence-electron chi connectivity index (χ2n) is 9.49. The number of unbranched alkanes of at least 4 members (excludes halogenated alkanes) is 7. The fraction of sp³-hybridized carbons (Fsp3) is 0.679. The summed E-state index contributed by atoms with van der Waals surface area (Å²) < 4.78 is 5.32. The third-order valence-electron chi connectivity index (χ3n) is 6.90. The number of carboxylic acids is 1. The smallest absolute Gasteiger partial charge is 0.326 e. The number of carbonyl (C=O) groups is 3. The molecule has 1 aliphatic heterocycles. The van der Waals surface area contributed by atoms with E-state index in [2.05, 4.69) is 6.92 Å². The lowest BCUT2D eigenvalue weighted by Gasteiger charge is -2.38. The molecule has 0 unspecified atom stereocenters. The van der Waals surface area contributed by atoms with Crippen LogP contribution >= 0.6 is 0 Å². The summed E-state index contributed by atoms with van der Waals surface area (Å²) in [6, 6.07) is 6.41. The molecule has 2 amide bonds. The number of carbonyl (C=O) groups excluding carboxylic acids is 2. The van der Waals surface area contributed by atoms with E-state index in [1.54, 1.807) is 11.8 Å². The molecule has 1 N–H and O–H groups in total. The zero-order chi connectivity index (χ0) is 25.6. The lowest BCUT2D eigenvalue weighted by atomic mass is 9.94. The number of hydrogen-bond donors (Lipinski definition) is 1. The van der Waals surface area contributed by atoms with E-state index in [0.717, 1.165) is 30.4 Å². The highest BCUT2D eigenvalue weighted by atomic mass is 16.5. The van der Waals surface area contributed by atoms with Gasteiger partial charge in [-0.15, -0.1) is 0 Å². The molecule has 0 fully saturated rings. The van der Waals surface area contributed by atoms with Crippen molar-refractivity contribution in [3.63, 3.8) is 0 Å². The summed E-state index contributed by atoms with van der Waals surface area (Å²) in [5, 5.41) is 9.83. The number of benzene rings is 1. The van der Waals surface area contributed by atoms with Crippen LogP contribution in [0.15, 0.2) is 24.3 Å². The minimum atomic E-state index is -1.01. The molecule has 196 valence electrons. The molecule has 0 aliphatic carbocycles. The lowest BCUT2D eigenvalue weighted by Crippen LogP contribution is -2.54. The van der Waals surface area contributed by atoms with Crippen molar-refractivity contribution in [3.8, 4) is 0 Å². The third-order valence-corrected chi connectivity index (χ3v) is 6.90. The normalized spacial score (nSPS) is 15.9. The quantitative estimate of drug-likeness (QED) is 0.255. The Morgan fingerprint density at radius 2 is 1.63 bits per heavy atom. The largest absolute Gasteiger partial charge is 0.480 e. The highest BCUT2D eigenvalue weighted by molar-refractivity contribution is 5.84. The lowest BCUT2D eigenvalue weighted by molar-refractivity contribution is -0.149. The molecular formula is C28H44N2O5. The highest BCUT2D eigenvalue weighted by Gasteiger charge is 2.37. The molecule has 0 saturated carbocycles. The first kappa shape index (κ1) is 28.7. The molecule has 0 spiro atoms. The summed E-state index contributed by atoms with van der Waals surface area (Å²) in [4.78, 5) is 41.3. The summed E-state index contributed by atoms with van der Waals surface area (Å²) in [6.45, 7) is 7.07. The molecule has 1 heterocycles. The van der Waals surface area contributed by atoms with Crippen LogP contribution in [0.25, 0.3) is 0 Å². The second kappa shape index (κ2) is 15.4. The van der Waals surface area contributed by atoms with Gasteiger partial charge in [-0.2, -0.15) is 0 Å². The van der Waals surface area contributed by atoms with Crippen molar-refractivity contribution in [3.05, 3.63) is 35.4 Å². The van der Waals surface area contributed by atoms with E-state index in [0.29, 0.717) is 19.6 Å². The standard InChI is InChI=1S/C28H44N2O5/c1-4-7-8-9-10-11-12-13-18-24(27(33)35-6-3)20-29(5-2)28(34)30-21-23-17-15-14-16-22(23)19-25(30)26(31)32/h14-17,24-25H,4-13,18-21H2,1-3H3,(H,31,32)/t24-,25-/m0/s1. The molecule has 0 radical (unpaired) electrons. The third kappa shape index (κ3) is 8.86. The van der Waals surface area contributed by atoms with Crippen molar-refractivity contribution < 1.29 is 24.2 Å². The Balaban J connectivity index is 2.01. The first-order valence-corrected chi connectivity index (χ1v) is 13.4. The Labute approximate surface area is 210 Å². The van der Waals surface area contributed by atoms with Crippen LogP contribution in [-0.2, 0) is 27.3 Å². The van der Waals surface area contributed by atoms with E-state index in [1.807, 2.05) is 31.2 Å². The molecule has 2 atom stereocenters. The van der Waals surface area contributed by atoms with Crippen LogP contribution in [0.3, 0.4) is 0 Å². The van der Waals surface area contributed by atoms with Crippen molar-refractivity contribution in [2.75, 3.05) is 19.7 Å². The van der Waals surface area contributed by atoms with E-state index < -0.39 is 17.9 Å². The fourth-order valence-electron chi connectivity index (χ4n) is 4.80. The molecule has 0 saturated heterocycles. The average Bonchev–Trinajstić information content (AvgIpc) is 2.86. The SMILES string of the molecule is CCCCCCCCCC[C@@H](CN(CC)C(=O)N1Cc2ccccc2C[C@H]1C(=O)O)C(=O)OCC. The number of urea groups is 1. The van der Waals surface area contributed by atoms with Crippen LogP contribution in [0, 0.1) is 5.92 Å². The number of rotatable bonds is 15. The second-order valence-corrected chi connectivity index (χ2v) is 9.49. The predicted octanol–water partition coefficient (Wildman–Crippen LogP) is 5.65. The predicted molar refractivity (Wildman–Crippen MR) is 137 cm³/mol. The van der Waals surface area contributed by atoms with Gasteiger partial charge in [0.15, 0.2) is 0 Å². The van der Waals surface area contributed by atoms with E-state index in [9.17, 15) is 19.5 Å². The minimum absolute atomic E-state index is 0.245. The minimum Gasteiger partial charge on any atom is -0.480 e. The van der Waals surface area contributed by atoms with Gasteiger partial charge >= 0.3 is 18.0 Å². The first-order valence-electron chi connectivity index (χ1n) is 13.4. The molecule has 7 heteroatoms. The van der Waals surface area contributed by atoms with Crippen molar-refractivity contribution in [2.45, 2.75) is 97.6 Å². The molecular weight excluding hydrogens is 444 g/mol. The van der Waals surface area contributed by atoms with Gasteiger partial charge in [0, 0.05) is 26.1 Å². The summed E-state index contributed by atoms with van der Waals surface area (Å²) in [5.74, 6) is -1.69. The zero-order valence-corrected chi connectivity index (χ0v) is 21.8. The van der Waals surface area contributed by atoms with Crippen molar-refractivity contribution in [1.82, 2.24) is 9.80 Å². The summed E-state index contributed by atoms with van der Waals surface area (Å²) >= 11 is 0. The maximum atomic E-state index is 13.5. The van der Waals surface area contributed by atoms with Gasteiger partial charge in [-0.1, -0.05) is 82.6 Å². The zero-order valence-electron chi connectivity index (χ0n) is 21.8. The van der Waals surface area contributed by atoms with Gasteiger partial charge in [0.25, 0.3) is 0 Å². The van der Waals surface area contributed by atoms with E-state index in [4.69, 9.17) is 4.74 Å². The molecule has 1 aromatic carbocycles. The summed E-state index contributed by atoms with van der Waals surface area (Å²) in [7, 11) is 0. The van der Waals surface area contributed by atoms with Crippen LogP contribution in [0.1, 0.15) is 89.7 Å². The molecule has 0 aromatic heterocycles. The van der Waals surface area contributed by atoms with Gasteiger partial charge in [-0.3, -0.25) is 4.79 Å². The topological polar surface area (TPSA) is 87.2 Å². The first-order chi connectivity index (χ1) is 16.9. The molecule has 0 bridgehead atoms. The monoisotopic (exact) mass is 488 g/mol. The maximum absolute atomic E-state index is 13.5. The number of nitrogens with zero attached hydrogens (tertiary/aromatic N) is 2. The molecule has 2 rings (SSSR count). The van der Waals surface area contributed by atoms with Gasteiger partial charge < -0.3 is 19.6 Å². The number of carboxylic acid groups (broad SMARTS) is 1. The number of hydrogen-bond acceptors (Lipinski definition) is 4. The van der Waals surface area contributed by atoms with Gasteiger partial charge in [0.2, 0.25) is 0 Å². The van der Waals surface area contributed by atoms with E-state index in [-0.39, 0.29) is 31.5 Å². The van der Waals surface area contributed by atoms with Gasteiger partial charge in [-0.05, 0) is 31.4 Å². The molecule has 35 heavy (non-hydrogen) atoms. The number of ether oxygens (including phenoxy) is 1. The summed E-state index contributed by atoms with van der Waals surface area (Å²) in [5.41, 5.74) is 1.93. The Bertz CT molecular complexity index is 812. The number of amides is 2. The molecule has 1 aliphatic rings. The summed E-state index contributed by atoms with van der Waals surface area (Å²) in [6.07, 6.45) is 10.4. The van der Waals surface area contributed by atoms with Gasteiger partial charge in [-0.25, -0.2) is 9.59 Å². The Morgan fingerprint density at radius 3 is 2.23 bits per heavy atom. The fourth-order valence-corrected chi connectivity index (χ4v) is 4.80. The van der Waals surface area contributed by atoms with Crippen molar-refractivity contribution in [1.29, 1.82) is 0 Å². The van der Waals surface area contributed by atoms with Crippen molar-refractivity contribution >= 4 is 18.0 Å². The van der Waals surface area contributed by atoms with Crippen LogP contribution in [0.4, 0.5) is 4.79 Å². The van der Waals surface area contributed by atoms with Crippen LogP contribution in [0.5, 0.6) is 0 Å². The van der Waals surface area contributed by atoms with Crippen molar-refractivity contribution in [2.24, 2.45) is 5.92 Å². The molecule has 7 nitrogen and oxygen atoms in total. The Kier molecular flexibility index (Phi) is 12.6. The number of fused-ring (bicyclic) bond motifs is 1. The number of aliphatic carboxylic acids is 1. The Hall–Kier alpha value is -2.57. The average molecular weight is 489 g/mol. The van der Waals surface area contributed by atoms with Gasteiger partial charge in [0.1, 0.15) is 6.04 Å². The number of esters is 1. The molecule has 1 aromatic rings. The van der Waals surface area contributed by atoms with Crippen LogP contribution in [-0.4, -0.2) is 58.6 Å². The van der Waals surface area contributed by atoms with E-state index in [1.165, 1.54) is 37.0 Å². The highest BCUT2D eigenvalue weighted by Crippen LogP contribution is 2.25. The van der Waals surface area contributed by atoms with Crippen LogP contribution < -0.4 is 0 Å². The van der Waals surface area contributed by atoms with Crippen LogP contribution in [0.2, 0.25) is 0 Å². The van der Waals surface area contributed by atoms with E-state index >= 15 is 0 Å². The Morgan fingerprint density at radius 1 is 1.00 bits per heavy atom. The maximum Gasteiger partial charge on any atom is 0.326 e. The van der Waals surface area contributed by atoms with Gasteiger partial charge in [0.05, 0.1) is 12.5 Å².